The van der Waals surface area contributed by atoms with Crippen LogP contribution in [0.4, 0.5) is 0 Å². The van der Waals surface area contributed by atoms with Crippen molar-refractivity contribution in [2.24, 2.45) is 0 Å². The Morgan fingerprint density at radius 1 is 1.17 bits per heavy atom. The Balaban J connectivity index is 0. The fourth-order valence-electron chi connectivity index (χ4n) is 0.214. The van der Waals surface area contributed by atoms with E-state index in [0.29, 0.717) is 0 Å². The van der Waals surface area contributed by atoms with Crippen LogP contribution in [0.3, 0.4) is 0 Å². The van der Waals surface area contributed by atoms with Crippen LogP contribution in [0.15, 0.2) is 0 Å². The van der Waals surface area contributed by atoms with Gasteiger partial charge in [0, 0.05) is 0 Å². The molecule has 0 aromatic heterocycles. The first kappa shape index (κ1) is 13.6. The average molecular weight is 199 g/mol. The fourth-order valence-corrected chi connectivity index (χ4v) is 0.214. The van der Waals surface area contributed by atoms with Crippen molar-refractivity contribution < 1.29 is 33.1 Å². The van der Waals surface area contributed by atoms with Crippen molar-refractivity contribution in [2.75, 3.05) is 0 Å². The van der Waals surface area contributed by atoms with Gasteiger partial charge in [-0.1, -0.05) is 0 Å². The molecule has 0 spiro atoms. The molecule has 0 aromatic rings. The molecular formula is C4H7O7S-. The number of carboxylic acids is 2. The Morgan fingerprint density at radius 3 is 1.42 bits per heavy atom. The topological polar surface area (TPSA) is 135 Å². The quantitative estimate of drug-likeness (QED) is 0.510. The van der Waals surface area contributed by atoms with Gasteiger partial charge in [-0.15, -0.1) is 0 Å². The van der Waals surface area contributed by atoms with Crippen LogP contribution in [0.2, 0.25) is 0 Å². The van der Waals surface area contributed by atoms with Gasteiger partial charge in [0.1, 0.15) is 0 Å². The van der Waals surface area contributed by atoms with E-state index >= 15 is 0 Å². The summed E-state index contributed by atoms with van der Waals surface area (Å²) in [5.41, 5.74) is 0. The monoisotopic (exact) mass is 199 g/mol. The van der Waals surface area contributed by atoms with Crippen LogP contribution in [-0.2, 0) is 21.0 Å². The van der Waals surface area contributed by atoms with Gasteiger partial charge < -0.3 is 19.3 Å². The Labute approximate surface area is 70.1 Å². The van der Waals surface area contributed by atoms with E-state index in [0.717, 1.165) is 0 Å². The van der Waals surface area contributed by atoms with Crippen molar-refractivity contribution in [3.8, 4) is 0 Å². The molecule has 0 fully saturated rings. The minimum absolute atomic E-state index is 0.296. The highest BCUT2D eigenvalue weighted by Crippen LogP contribution is 1.86. The van der Waals surface area contributed by atoms with Crippen molar-refractivity contribution in [3.63, 3.8) is 0 Å². The zero-order valence-corrected chi connectivity index (χ0v) is 6.61. The number of carboxylic acid groups (broad SMARTS) is 2. The third-order valence-corrected chi connectivity index (χ3v) is 0.553. The summed E-state index contributed by atoms with van der Waals surface area (Å²) in [7, 11) is 0. The lowest BCUT2D eigenvalue weighted by atomic mass is 10.3. The fraction of sp³-hybridized carbons (Fsp3) is 0.500. The van der Waals surface area contributed by atoms with Gasteiger partial charge >= 0.3 is 11.9 Å². The van der Waals surface area contributed by atoms with Crippen molar-refractivity contribution in [3.05, 3.63) is 0 Å². The highest BCUT2D eigenvalue weighted by atomic mass is 32.2. The summed E-state index contributed by atoms with van der Waals surface area (Å²) in [6, 6.07) is 0. The van der Waals surface area contributed by atoms with E-state index in [1.54, 1.807) is 0 Å². The lowest BCUT2D eigenvalue weighted by molar-refractivity contribution is -0.143. The second-order valence-corrected chi connectivity index (χ2v) is 1.94. The first-order chi connectivity index (χ1) is 5.36. The van der Waals surface area contributed by atoms with E-state index in [1.165, 1.54) is 0 Å². The van der Waals surface area contributed by atoms with E-state index in [2.05, 4.69) is 0 Å². The SMILES string of the molecule is O=C(O)CCC(=O)O.O=S([O-])O. The van der Waals surface area contributed by atoms with Gasteiger partial charge in [-0.25, -0.2) is 4.21 Å². The smallest absolute Gasteiger partial charge is 0.303 e. The summed E-state index contributed by atoms with van der Waals surface area (Å²) >= 11 is -2.86. The molecule has 0 bridgehead atoms. The van der Waals surface area contributed by atoms with Crippen molar-refractivity contribution in [1.82, 2.24) is 0 Å². The molecule has 0 aliphatic carbocycles. The number of hydrogen-bond donors (Lipinski definition) is 3. The lowest BCUT2D eigenvalue weighted by Gasteiger charge is -1.85. The molecule has 0 rings (SSSR count). The lowest BCUT2D eigenvalue weighted by Crippen LogP contribution is -2.00. The maximum atomic E-state index is 9.64. The molecule has 72 valence electrons. The minimum atomic E-state index is -2.86. The maximum Gasteiger partial charge on any atom is 0.303 e. The van der Waals surface area contributed by atoms with Gasteiger partial charge in [0.05, 0.1) is 24.2 Å². The second-order valence-electron chi connectivity index (χ2n) is 1.50. The van der Waals surface area contributed by atoms with Crippen LogP contribution >= 0.6 is 0 Å². The summed E-state index contributed by atoms with van der Waals surface area (Å²) in [4.78, 5) is 19.3. The van der Waals surface area contributed by atoms with Crippen molar-refractivity contribution >= 4 is 23.3 Å². The van der Waals surface area contributed by atoms with Crippen LogP contribution in [0, 0.1) is 0 Å². The van der Waals surface area contributed by atoms with E-state index in [1.807, 2.05) is 0 Å². The van der Waals surface area contributed by atoms with E-state index in [9.17, 15) is 9.59 Å². The van der Waals surface area contributed by atoms with Crippen LogP contribution in [0.1, 0.15) is 12.8 Å². The molecule has 0 aliphatic heterocycles. The van der Waals surface area contributed by atoms with Crippen LogP contribution in [-0.4, -0.2) is 35.5 Å². The van der Waals surface area contributed by atoms with Gasteiger partial charge in [0.15, 0.2) is 0 Å². The molecule has 0 amide bonds. The summed E-state index contributed by atoms with van der Waals surface area (Å²) in [6.07, 6.45) is -0.593. The maximum absolute atomic E-state index is 9.64. The molecule has 7 nitrogen and oxygen atoms in total. The van der Waals surface area contributed by atoms with Gasteiger partial charge in [0.2, 0.25) is 0 Å². The standard InChI is InChI=1S/C4H6O4.H2O3S/c5-3(6)1-2-4(7)8;1-4(2)3/h1-2H2,(H,5,6)(H,7,8);(H2,1,2,3)/p-1. The predicted octanol–water partition coefficient (Wildman–Crippen LogP) is -0.726. The number of carbonyl (C=O) groups is 2. The van der Waals surface area contributed by atoms with Gasteiger partial charge in [-0.3, -0.25) is 9.59 Å². The van der Waals surface area contributed by atoms with Crippen molar-refractivity contribution in [1.29, 1.82) is 0 Å². The highest BCUT2D eigenvalue weighted by Gasteiger charge is 2.00. The normalized spacial score (nSPS) is 10.8. The molecule has 0 saturated carbocycles. The molecule has 8 heteroatoms. The first-order valence-electron chi connectivity index (χ1n) is 2.58. The molecular weight excluding hydrogens is 192 g/mol. The molecule has 0 saturated heterocycles. The van der Waals surface area contributed by atoms with Crippen molar-refractivity contribution in [2.45, 2.75) is 12.8 Å². The number of aliphatic carboxylic acids is 2. The van der Waals surface area contributed by atoms with Gasteiger partial charge in [0.25, 0.3) is 0 Å². The average Bonchev–Trinajstić information content (AvgIpc) is 1.82. The molecule has 3 N–H and O–H groups in total. The summed E-state index contributed by atoms with van der Waals surface area (Å²) < 4.78 is 24.1. The molecule has 0 heterocycles. The number of rotatable bonds is 3. The van der Waals surface area contributed by atoms with Gasteiger partial charge in [-0.05, 0) is 0 Å². The van der Waals surface area contributed by atoms with Crippen LogP contribution in [0.25, 0.3) is 0 Å². The number of hydrogen-bond acceptors (Lipinski definition) is 4. The van der Waals surface area contributed by atoms with E-state index in [4.69, 9.17) is 23.5 Å². The molecule has 0 aromatic carbocycles. The second kappa shape index (κ2) is 8.11. The molecule has 1 atom stereocenters. The molecule has 12 heavy (non-hydrogen) atoms. The van der Waals surface area contributed by atoms with E-state index < -0.39 is 23.3 Å². The zero-order chi connectivity index (χ0) is 10.1. The third-order valence-electron chi connectivity index (χ3n) is 0.553. The van der Waals surface area contributed by atoms with Crippen LogP contribution in [0.5, 0.6) is 0 Å². The Bertz CT molecular complexity index is 158. The largest absolute Gasteiger partial charge is 0.750 e. The van der Waals surface area contributed by atoms with Gasteiger partial charge in [-0.2, -0.15) is 0 Å². The van der Waals surface area contributed by atoms with E-state index in [-0.39, 0.29) is 12.8 Å². The summed E-state index contributed by atoms with van der Waals surface area (Å²) in [5.74, 6) is -2.15. The summed E-state index contributed by atoms with van der Waals surface area (Å²) in [5, 5.41) is 15.8. The zero-order valence-electron chi connectivity index (χ0n) is 5.80. The highest BCUT2D eigenvalue weighted by molar-refractivity contribution is 7.73. The minimum Gasteiger partial charge on any atom is -0.750 e. The van der Waals surface area contributed by atoms with Crippen LogP contribution < -0.4 is 0 Å². The third kappa shape index (κ3) is 36.0. The Kier molecular flexibility index (Phi) is 9.18. The predicted molar refractivity (Wildman–Crippen MR) is 36.1 cm³/mol. The molecule has 1 unspecified atom stereocenters. The Hall–Kier alpha value is -0.990. The molecule has 0 radical (unpaired) electrons. The first-order valence-corrected chi connectivity index (χ1v) is 3.61. The summed E-state index contributed by atoms with van der Waals surface area (Å²) in [6.45, 7) is 0. The molecule has 0 aliphatic rings. The Morgan fingerprint density at radius 2 is 1.33 bits per heavy atom.